The van der Waals surface area contributed by atoms with Crippen molar-refractivity contribution >= 4 is 21.4 Å². The summed E-state index contributed by atoms with van der Waals surface area (Å²) in [5.41, 5.74) is 1.12. The van der Waals surface area contributed by atoms with Crippen molar-refractivity contribution in [2.45, 2.75) is 30.7 Å². The molecule has 0 spiro atoms. The molecule has 24 heavy (non-hydrogen) atoms. The summed E-state index contributed by atoms with van der Waals surface area (Å²) in [4.78, 5) is 1.44. The van der Waals surface area contributed by atoms with Gasteiger partial charge in [0, 0.05) is 17.5 Å². The minimum atomic E-state index is -3.69. The first-order valence-electron chi connectivity index (χ1n) is 7.83. The zero-order valence-corrected chi connectivity index (χ0v) is 15.6. The lowest BCUT2D eigenvalue weighted by atomic mass is 10.0. The van der Waals surface area contributed by atoms with Crippen LogP contribution in [0.4, 0.5) is 0 Å². The number of methoxy groups -OCH3 is 2. The maximum absolute atomic E-state index is 13.3. The van der Waals surface area contributed by atoms with Gasteiger partial charge in [-0.25, -0.2) is 8.42 Å². The van der Waals surface area contributed by atoms with Crippen LogP contribution < -0.4 is 9.47 Å². The SMILES string of the molecule is CCC1c2ccsc2CCN1S(=O)(=O)c1cc(OC)ccc1OC. The fourth-order valence-electron chi connectivity index (χ4n) is 3.20. The van der Waals surface area contributed by atoms with E-state index in [-0.39, 0.29) is 10.9 Å². The van der Waals surface area contributed by atoms with Crippen LogP contribution in [0.2, 0.25) is 0 Å². The molecule has 1 aromatic carbocycles. The van der Waals surface area contributed by atoms with Crippen molar-refractivity contribution < 1.29 is 17.9 Å². The summed E-state index contributed by atoms with van der Waals surface area (Å²) in [5.74, 6) is 0.831. The Bertz CT molecular complexity index is 829. The lowest BCUT2D eigenvalue weighted by Gasteiger charge is -2.34. The number of hydrogen-bond donors (Lipinski definition) is 0. The van der Waals surface area contributed by atoms with Crippen molar-refractivity contribution in [3.8, 4) is 11.5 Å². The maximum atomic E-state index is 13.3. The molecule has 3 rings (SSSR count). The number of fused-ring (bicyclic) bond motifs is 1. The van der Waals surface area contributed by atoms with Crippen LogP contribution in [-0.2, 0) is 16.4 Å². The van der Waals surface area contributed by atoms with Gasteiger partial charge in [-0.3, -0.25) is 0 Å². The molecule has 0 saturated carbocycles. The van der Waals surface area contributed by atoms with Gasteiger partial charge >= 0.3 is 0 Å². The third kappa shape index (κ3) is 2.81. The van der Waals surface area contributed by atoms with E-state index in [4.69, 9.17) is 9.47 Å². The average Bonchev–Trinajstić information content (AvgIpc) is 3.08. The Morgan fingerprint density at radius 1 is 1.25 bits per heavy atom. The third-order valence-corrected chi connectivity index (χ3v) is 7.32. The summed E-state index contributed by atoms with van der Waals surface area (Å²) in [6.45, 7) is 2.50. The molecule has 0 saturated heterocycles. The van der Waals surface area contributed by atoms with E-state index in [1.165, 1.54) is 25.2 Å². The van der Waals surface area contributed by atoms with Crippen LogP contribution in [0.25, 0.3) is 0 Å². The summed E-state index contributed by atoms with van der Waals surface area (Å²) in [5, 5.41) is 2.04. The summed E-state index contributed by atoms with van der Waals surface area (Å²) in [7, 11) is -0.689. The number of nitrogens with zero attached hydrogens (tertiary/aromatic N) is 1. The Balaban J connectivity index is 2.08. The number of thiophene rings is 1. The molecule has 1 aromatic heterocycles. The average molecular weight is 367 g/mol. The van der Waals surface area contributed by atoms with E-state index in [2.05, 4.69) is 0 Å². The van der Waals surface area contributed by atoms with Gasteiger partial charge in [0.2, 0.25) is 10.0 Å². The Labute approximate surface area is 146 Å². The molecule has 0 bridgehead atoms. The van der Waals surface area contributed by atoms with Crippen molar-refractivity contribution in [3.63, 3.8) is 0 Å². The van der Waals surface area contributed by atoms with Crippen LogP contribution in [0, 0.1) is 0 Å². The second-order valence-electron chi connectivity index (χ2n) is 5.61. The van der Waals surface area contributed by atoms with Crippen molar-refractivity contribution in [1.29, 1.82) is 0 Å². The van der Waals surface area contributed by atoms with Crippen LogP contribution in [0.15, 0.2) is 34.5 Å². The second-order valence-corrected chi connectivity index (χ2v) is 8.47. The summed E-state index contributed by atoms with van der Waals surface area (Å²) in [6.07, 6.45) is 1.48. The Morgan fingerprint density at radius 3 is 2.71 bits per heavy atom. The number of sulfonamides is 1. The standard InChI is InChI=1S/C17H21NO4S2/c1-4-14-13-8-10-23-16(13)7-9-18(14)24(19,20)17-11-12(21-2)5-6-15(17)22-3/h5-6,8,10-11,14H,4,7,9H2,1-3H3. The second kappa shape index (κ2) is 6.74. The van der Waals surface area contributed by atoms with Gasteiger partial charge in [-0.15, -0.1) is 11.3 Å². The Kier molecular flexibility index (Phi) is 4.85. The molecule has 130 valence electrons. The van der Waals surface area contributed by atoms with Gasteiger partial charge in [0.05, 0.1) is 20.3 Å². The zero-order valence-electron chi connectivity index (χ0n) is 14.0. The number of rotatable bonds is 5. The smallest absolute Gasteiger partial charge is 0.247 e. The normalized spacial score (nSPS) is 18.2. The van der Waals surface area contributed by atoms with E-state index in [1.54, 1.807) is 27.8 Å². The maximum Gasteiger partial charge on any atom is 0.247 e. The van der Waals surface area contributed by atoms with Crippen LogP contribution in [0.3, 0.4) is 0 Å². The molecule has 7 heteroatoms. The molecule has 1 unspecified atom stereocenters. The first-order valence-corrected chi connectivity index (χ1v) is 10.1. The van der Waals surface area contributed by atoms with Crippen molar-refractivity contribution in [1.82, 2.24) is 4.31 Å². The molecule has 1 atom stereocenters. The van der Waals surface area contributed by atoms with Crippen LogP contribution in [0.5, 0.6) is 11.5 Å². The van der Waals surface area contributed by atoms with Crippen LogP contribution in [-0.4, -0.2) is 33.5 Å². The molecule has 0 N–H and O–H groups in total. The highest BCUT2D eigenvalue weighted by molar-refractivity contribution is 7.89. The minimum Gasteiger partial charge on any atom is -0.497 e. The lowest BCUT2D eigenvalue weighted by molar-refractivity contribution is 0.301. The monoisotopic (exact) mass is 367 g/mol. The van der Waals surface area contributed by atoms with Gasteiger partial charge < -0.3 is 9.47 Å². The zero-order chi connectivity index (χ0) is 17.3. The fraction of sp³-hybridized carbons (Fsp3) is 0.412. The highest BCUT2D eigenvalue weighted by Crippen LogP contribution is 2.40. The van der Waals surface area contributed by atoms with Gasteiger partial charge in [-0.2, -0.15) is 4.31 Å². The van der Waals surface area contributed by atoms with Gasteiger partial charge in [0.1, 0.15) is 16.4 Å². The quantitative estimate of drug-likeness (QED) is 0.812. The predicted octanol–water partition coefficient (Wildman–Crippen LogP) is 3.46. The van der Waals surface area contributed by atoms with Gasteiger partial charge in [-0.1, -0.05) is 6.92 Å². The highest BCUT2D eigenvalue weighted by Gasteiger charge is 2.37. The first-order chi connectivity index (χ1) is 11.5. The van der Waals surface area contributed by atoms with Gasteiger partial charge in [0.25, 0.3) is 0 Å². The number of ether oxygens (including phenoxy) is 2. The van der Waals surface area contributed by atoms with Crippen LogP contribution in [0.1, 0.15) is 29.8 Å². The van der Waals surface area contributed by atoms with Crippen molar-refractivity contribution in [2.24, 2.45) is 0 Å². The fourth-order valence-corrected chi connectivity index (χ4v) is 5.98. The molecule has 0 amide bonds. The Hall–Kier alpha value is -1.57. The molecule has 2 heterocycles. The van der Waals surface area contributed by atoms with Crippen molar-refractivity contribution in [2.75, 3.05) is 20.8 Å². The minimum absolute atomic E-state index is 0.138. The largest absolute Gasteiger partial charge is 0.497 e. The molecule has 1 aliphatic rings. The number of hydrogen-bond acceptors (Lipinski definition) is 5. The molecular weight excluding hydrogens is 346 g/mol. The van der Waals surface area contributed by atoms with Crippen LogP contribution >= 0.6 is 11.3 Å². The lowest BCUT2D eigenvalue weighted by Crippen LogP contribution is -2.39. The topological polar surface area (TPSA) is 55.8 Å². The first kappa shape index (κ1) is 17.3. The van der Waals surface area contributed by atoms with E-state index < -0.39 is 10.0 Å². The summed E-state index contributed by atoms with van der Waals surface area (Å²) >= 11 is 1.70. The van der Waals surface area contributed by atoms with E-state index in [0.29, 0.717) is 18.0 Å². The molecule has 0 aliphatic carbocycles. The molecule has 1 aliphatic heterocycles. The van der Waals surface area contributed by atoms with E-state index in [1.807, 2.05) is 18.4 Å². The number of benzene rings is 1. The molecule has 5 nitrogen and oxygen atoms in total. The predicted molar refractivity (Wildman–Crippen MR) is 94.5 cm³/mol. The highest BCUT2D eigenvalue weighted by atomic mass is 32.2. The molecule has 0 fully saturated rings. The van der Waals surface area contributed by atoms with E-state index >= 15 is 0 Å². The Morgan fingerprint density at radius 2 is 2.04 bits per heavy atom. The molecule has 2 aromatic rings. The van der Waals surface area contributed by atoms with E-state index in [9.17, 15) is 8.42 Å². The van der Waals surface area contributed by atoms with E-state index in [0.717, 1.165) is 18.4 Å². The summed E-state index contributed by atoms with van der Waals surface area (Å²) < 4.78 is 38.7. The molecule has 0 radical (unpaired) electrons. The van der Waals surface area contributed by atoms with Crippen molar-refractivity contribution in [3.05, 3.63) is 40.1 Å². The van der Waals surface area contributed by atoms with Gasteiger partial charge in [0.15, 0.2) is 0 Å². The molecular formula is C17H21NO4S2. The third-order valence-electron chi connectivity index (χ3n) is 4.39. The van der Waals surface area contributed by atoms with Gasteiger partial charge in [-0.05, 0) is 42.0 Å². The summed E-state index contributed by atoms with van der Waals surface area (Å²) in [6, 6.07) is 6.76.